The molecule has 0 amide bonds. The van der Waals surface area contributed by atoms with Crippen molar-refractivity contribution in [3.63, 3.8) is 0 Å². The highest BCUT2D eigenvalue weighted by Gasteiger charge is 2.55. The summed E-state index contributed by atoms with van der Waals surface area (Å²) in [6.07, 6.45) is 4.02. The van der Waals surface area contributed by atoms with Gasteiger partial charge in [-0.25, -0.2) is 4.79 Å². The second-order valence-electron chi connectivity index (χ2n) is 13.4. The summed E-state index contributed by atoms with van der Waals surface area (Å²) >= 11 is 0. The third kappa shape index (κ3) is 7.13. The molecule has 2 heterocycles. The Balaban J connectivity index is 1.73. The van der Waals surface area contributed by atoms with Crippen LogP contribution in [0.25, 0.3) is 0 Å². The first-order valence-corrected chi connectivity index (χ1v) is 16.5. The lowest BCUT2D eigenvalue weighted by Gasteiger charge is -2.47. The molecule has 4 N–H and O–H groups in total. The Kier molecular flexibility index (Phi) is 11.9. The fourth-order valence-corrected chi connectivity index (χ4v) is 7.77. The number of aliphatic hydroxyl groups excluding tert-OH is 1. The van der Waals surface area contributed by atoms with E-state index in [0.29, 0.717) is 56.1 Å². The van der Waals surface area contributed by atoms with Crippen LogP contribution >= 0.6 is 0 Å². The number of aromatic carboxylic acids is 1. The number of aromatic hydroxyl groups is 1. The van der Waals surface area contributed by atoms with Gasteiger partial charge in [-0.05, 0) is 88.2 Å². The van der Waals surface area contributed by atoms with Gasteiger partial charge >= 0.3 is 5.97 Å². The Morgan fingerprint density at radius 2 is 1.77 bits per heavy atom. The zero-order valence-electron chi connectivity index (χ0n) is 27.6. The van der Waals surface area contributed by atoms with Gasteiger partial charge in [0.1, 0.15) is 17.1 Å². The standard InChI is InChI=1S/C35H56O8/c1-9-24(15-16-25-14-13-20(5)29(36)28(25)33(39)40)30(37)22(7)31(38)26(10-2)32-21(6)19-35(12-4,43-32)27-17-18-34(41,11-3)23(8)42-27/h13-14,21-24,26-27,30,32,36-37,41H,9-12,15-19H2,1-8H3,(H,39,40)/t21-,22-,23-,24+,26+,27+,30+,32-,34+,35-/m0/s1. The maximum absolute atomic E-state index is 14.0. The number of Topliss-reactive ketones (excluding diaryl/α,β-unsaturated/α-hetero) is 1. The van der Waals surface area contributed by atoms with E-state index in [4.69, 9.17) is 9.47 Å². The van der Waals surface area contributed by atoms with Gasteiger partial charge in [-0.3, -0.25) is 4.79 Å². The molecule has 10 atom stereocenters. The molecule has 0 saturated carbocycles. The Morgan fingerprint density at radius 3 is 2.30 bits per heavy atom. The van der Waals surface area contributed by atoms with Crippen LogP contribution in [0.3, 0.4) is 0 Å². The monoisotopic (exact) mass is 604 g/mol. The third-order valence-corrected chi connectivity index (χ3v) is 11.0. The van der Waals surface area contributed by atoms with Gasteiger partial charge in [-0.1, -0.05) is 60.1 Å². The molecule has 0 unspecified atom stereocenters. The van der Waals surface area contributed by atoms with E-state index < -0.39 is 29.2 Å². The summed E-state index contributed by atoms with van der Waals surface area (Å²) in [5.41, 5.74) is -0.418. The number of carboxylic acid groups (broad SMARTS) is 1. The highest BCUT2D eigenvalue weighted by atomic mass is 16.6. The lowest BCUT2D eigenvalue weighted by Crippen LogP contribution is -2.55. The zero-order chi connectivity index (χ0) is 32.3. The van der Waals surface area contributed by atoms with E-state index in [9.17, 15) is 30.0 Å². The van der Waals surface area contributed by atoms with E-state index in [1.807, 2.05) is 27.7 Å². The molecule has 43 heavy (non-hydrogen) atoms. The molecule has 8 nitrogen and oxygen atoms in total. The second-order valence-corrected chi connectivity index (χ2v) is 13.4. The normalized spacial score (nSPS) is 32.2. The SMILES string of the molecule is CC[C@H](CCc1ccc(C)c(O)c1C(=O)O)[C@H](O)[C@H](C)C(=O)[C@@H](CC)[C@H]1O[C@](CC)([C@H]2CC[C@](O)(CC)[C@H](C)O2)C[C@@H]1C. The van der Waals surface area contributed by atoms with Crippen LogP contribution in [0.5, 0.6) is 5.75 Å². The number of carboxylic acids is 1. The molecule has 244 valence electrons. The van der Waals surface area contributed by atoms with Gasteiger partial charge in [0.05, 0.1) is 35.6 Å². The highest BCUT2D eigenvalue weighted by Crippen LogP contribution is 2.48. The molecule has 2 fully saturated rings. The molecule has 1 aromatic rings. The average molecular weight is 605 g/mol. The molecule has 2 saturated heterocycles. The summed E-state index contributed by atoms with van der Waals surface area (Å²) in [4.78, 5) is 25.8. The van der Waals surface area contributed by atoms with Gasteiger partial charge in [0.25, 0.3) is 0 Å². The van der Waals surface area contributed by atoms with Crippen LogP contribution in [0.15, 0.2) is 12.1 Å². The third-order valence-electron chi connectivity index (χ3n) is 11.0. The predicted octanol–water partition coefficient (Wildman–Crippen LogP) is 6.23. The minimum Gasteiger partial charge on any atom is -0.507 e. The van der Waals surface area contributed by atoms with Crippen molar-refractivity contribution in [2.24, 2.45) is 23.7 Å². The molecule has 0 aromatic heterocycles. The average Bonchev–Trinajstić information content (AvgIpc) is 3.33. The summed E-state index contributed by atoms with van der Waals surface area (Å²) in [5, 5.41) is 42.4. The summed E-state index contributed by atoms with van der Waals surface area (Å²) < 4.78 is 13.3. The fraction of sp³-hybridized carbons (Fsp3) is 0.771. The van der Waals surface area contributed by atoms with Crippen LogP contribution in [0.4, 0.5) is 0 Å². The molecule has 1 aromatic carbocycles. The number of rotatable bonds is 14. The molecule has 2 aliphatic heterocycles. The molecular formula is C35H56O8. The smallest absolute Gasteiger partial charge is 0.339 e. The largest absolute Gasteiger partial charge is 0.507 e. The summed E-state index contributed by atoms with van der Waals surface area (Å²) in [5.74, 6) is -2.47. The molecule has 0 aliphatic carbocycles. The molecule has 0 bridgehead atoms. The summed E-state index contributed by atoms with van der Waals surface area (Å²) in [6.45, 7) is 15.6. The number of aliphatic hydroxyl groups is 2. The predicted molar refractivity (Wildman–Crippen MR) is 166 cm³/mol. The number of hydrogen-bond donors (Lipinski definition) is 4. The highest BCUT2D eigenvalue weighted by molar-refractivity contribution is 5.93. The molecule has 0 spiro atoms. The van der Waals surface area contributed by atoms with Crippen molar-refractivity contribution in [2.75, 3.05) is 0 Å². The minimum absolute atomic E-state index is 0.00491. The molecule has 0 radical (unpaired) electrons. The van der Waals surface area contributed by atoms with Gasteiger partial charge in [0.2, 0.25) is 0 Å². The van der Waals surface area contributed by atoms with E-state index in [-0.39, 0.29) is 53.2 Å². The maximum Gasteiger partial charge on any atom is 0.339 e. The molecule has 2 aliphatic rings. The lowest BCUT2D eigenvalue weighted by atomic mass is 9.75. The van der Waals surface area contributed by atoms with E-state index in [2.05, 4.69) is 13.8 Å². The number of benzene rings is 1. The van der Waals surface area contributed by atoms with Crippen LogP contribution in [0.1, 0.15) is 121 Å². The molecule has 3 rings (SSSR count). The van der Waals surface area contributed by atoms with Gasteiger partial charge < -0.3 is 29.9 Å². The van der Waals surface area contributed by atoms with Crippen LogP contribution in [-0.4, -0.2) is 67.8 Å². The number of carbonyl (C=O) groups excluding carboxylic acids is 1. The summed E-state index contributed by atoms with van der Waals surface area (Å²) in [7, 11) is 0. The van der Waals surface area contributed by atoms with Crippen LogP contribution < -0.4 is 0 Å². The van der Waals surface area contributed by atoms with Crippen molar-refractivity contribution in [2.45, 2.75) is 149 Å². The lowest BCUT2D eigenvalue weighted by molar-refractivity contribution is -0.229. The molecular weight excluding hydrogens is 548 g/mol. The Morgan fingerprint density at radius 1 is 1.09 bits per heavy atom. The number of phenols is 1. The van der Waals surface area contributed by atoms with Crippen molar-refractivity contribution in [3.05, 3.63) is 28.8 Å². The van der Waals surface area contributed by atoms with Crippen molar-refractivity contribution >= 4 is 11.8 Å². The van der Waals surface area contributed by atoms with Gasteiger partial charge in [0, 0.05) is 11.8 Å². The van der Waals surface area contributed by atoms with Gasteiger partial charge in [-0.15, -0.1) is 0 Å². The second kappa shape index (κ2) is 14.4. The number of ether oxygens (including phenoxy) is 2. The van der Waals surface area contributed by atoms with Crippen molar-refractivity contribution in [3.8, 4) is 5.75 Å². The quantitative estimate of drug-likeness (QED) is 0.196. The number of carbonyl (C=O) groups is 2. The van der Waals surface area contributed by atoms with E-state index in [0.717, 1.165) is 12.8 Å². The van der Waals surface area contributed by atoms with E-state index in [1.165, 1.54) is 0 Å². The first-order valence-electron chi connectivity index (χ1n) is 16.5. The topological polar surface area (TPSA) is 134 Å². The molecule has 8 heteroatoms. The van der Waals surface area contributed by atoms with Gasteiger partial charge in [-0.2, -0.15) is 0 Å². The minimum atomic E-state index is -1.18. The van der Waals surface area contributed by atoms with Crippen molar-refractivity contribution in [1.29, 1.82) is 0 Å². The van der Waals surface area contributed by atoms with Gasteiger partial charge in [0.15, 0.2) is 0 Å². The Hall–Kier alpha value is -2.00. The van der Waals surface area contributed by atoms with Crippen molar-refractivity contribution in [1.82, 2.24) is 0 Å². The number of hydrogen-bond acceptors (Lipinski definition) is 7. The van der Waals surface area contributed by atoms with Crippen LogP contribution in [-0.2, 0) is 20.7 Å². The van der Waals surface area contributed by atoms with Crippen molar-refractivity contribution < 1.29 is 39.5 Å². The first kappa shape index (κ1) is 35.5. The Labute approximate surface area is 258 Å². The Bertz CT molecular complexity index is 1120. The first-order chi connectivity index (χ1) is 20.2. The zero-order valence-corrected chi connectivity index (χ0v) is 27.6. The number of ketones is 1. The maximum atomic E-state index is 14.0. The van der Waals surface area contributed by atoms with E-state index >= 15 is 0 Å². The summed E-state index contributed by atoms with van der Waals surface area (Å²) in [6, 6.07) is 3.42. The van der Waals surface area contributed by atoms with Crippen LogP contribution in [0.2, 0.25) is 0 Å². The van der Waals surface area contributed by atoms with E-state index in [1.54, 1.807) is 26.0 Å². The fourth-order valence-electron chi connectivity index (χ4n) is 7.77. The van der Waals surface area contributed by atoms with Crippen LogP contribution in [0, 0.1) is 30.6 Å². The number of aryl methyl sites for hydroxylation is 2.